The van der Waals surface area contributed by atoms with E-state index in [1.807, 2.05) is 6.92 Å². The monoisotopic (exact) mass is 294 g/mol. The molecule has 1 aliphatic rings. The lowest BCUT2D eigenvalue weighted by atomic mass is 9.75. The summed E-state index contributed by atoms with van der Waals surface area (Å²) in [6, 6.07) is 0. The third kappa shape index (κ3) is 5.42. The molecule has 0 radical (unpaired) electrons. The minimum Gasteiger partial charge on any atom is -0.376 e. The lowest BCUT2D eigenvalue weighted by Crippen LogP contribution is -2.56. The average Bonchev–Trinajstić information content (AvgIpc) is 2.37. The number of rotatable bonds is 7. The summed E-state index contributed by atoms with van der Waals surface area (Å²) in [6.07, 6.45) is -2.61. The molecular weight excluding hydrogens is 269 g/mol. The predicted octanol–water partition coefficient (Wildman–Crippen LogP) is 2.62. The Morgan fingerprint density at radius 2 is 2.20 bits per heavy atom. The van der Waals surface area contributed by atoms with E-state index < -0.39 is 17.6 Å². The van der Waals surface area contributed by atoms with Crippen LogP contribution in [0.15, 0.2) is 12.2 Å². The highest BCUT2D eigenvalue weighted by atomic mass is 19.4. The van der Waals surface area contributed by atoms with Crippen LogP contribution in [0.1, 0.15) is 32.6 Å². The lowest BCUT2D eigenvalue weighted by molar-refractivity contribution is -0.188. The molecule has 0 aromatic carbocycles. The minimum atomic E-state index is -4.13. The molecule has 3 nitrogen and oxygen atoms in total. The van der Waals surface area contributed by atoms with Crippen molar-refractivity contribution in [2.45, 2.75) is 44.3 Å². The normalized spacial score (nSPS) is 27.6. The molecule has 0 spiro atoms. The molecule has 1 aliphatic carbocycles. The predicted molar refractivity (Wildman–Crippen MR) is 73.4 cm³/mol. The maximum Gasteiger partial charge on any atom is 0.391 e. The Balaban J connectivity index is 2.44. The minimum absolute atomic E-state index is 0.0630. The van der Waals surface area contributed by atoms with Crippen molar-refractivity contribution in [3.63, 3.8) is 0 Å². The topological polar surface area (TPSA) is 47.3 Å². The molecule has 118 valence electrons. The molecule has 0 amide bonds. The van der Waals surface area contributed by atoms with Gasteiger partial charge < -0.3 is 15.8 Å². The van der Waals surface area contributed by atoms with Crippen LogP contribution in [-0.2, 0) is 4.74 Å². The van der Waals surface area contributed by atoms with Crippen molar-refractivity contribution in [1.29, 1.82) is 0 Å². The van der Waals surface area contributed by atoms with Crippen LogP contribution >= 0.6 is 0 Å². The quantitative estimate of drug-likeness (QED) is 0.560. The van der Waals surface area contributed by atoms with Gasteiger partial charge in [-0.1, -0.05) is 18.6 Å². The highest BCUT2D eigenvalue weighted by molar-refractivity contribution is 4.96. The van der Waals surface area contributed by atoms with E-state index in [1.165, 1.54) is 0 Å². The smallest absolute Gasteiger partial charge is 0.376 e. The number of alkyl halides is 3. The van der Waals surface area contributed by atoms with Gasteiger partial charge in [-0.15, -0.1) is 0 Å². The van der Waals surface area contributed by atoms with Crippen molar-refractivity contribution in [1.82, 2.24) is 5.32 Å². The van der Waals surface area contributed by atoms with E-state index in [9.17, 15) is 13.2 Å². The second kappa shape index (κ2) is 7.43. The number of ether oxygens (including phenoxy) is 1. The molecule has 0 bridgehead atoms. The van der Waals surface area contributed by atoms with Gasteiger partial charge in [0.05, 0.1) is 19.1 Å². The number of nitrogens with two attached hydrogens (primary N) is 1. The van der Waals surface area contributed by atoms with Crippen LogP contribution in [0.25, 0.3) is 0 Å². The van der Waals surface area contributed by atoms with Crippen molar-refractivity contribution in [3.8, 4) is 0 Å². The van der Waals surface area contributed by atoms with Crippen molar-refractivity contribution in [3.05, 3.63) is 12.2 Å². The van der Waals surface area contributed by atoms with Gasteiger partial charge in [0.2, 0.25) is 0 Å². The Morgan fingerprint density at radius 1 is 1.50 bits per heavy atom. The molecule has 0 heterocycles. The summed E-state index contributed by atoms with van der Waals surface area (Å²) in [6.45, 7) is 7.24. The van der Waals surface area contributed by atoms with E-state index in [-0.39, 0.29) is 19.4 Å². The second-order valence-electron chi connectivity index (χ2n) is 5.76. The number of hydrogen-bond acceptors (Lipinski definition) is 3. The molecule has 0 aromatic rings. The van der Waals surface area contributed by atoms with Crippen LogP contribution in [0.3, 0.4) is 0 Å². The summed E-state index contributed by atoms with van der Waals surface area (Å²) in [5.74, 6) is -1.25. The van der Waals surface area contributed by atoms with Crippen LogP contribution in [0.2, 0.25) is 0 Å². The first-order chi connectivity index (χ1) is 9.29. The molecule has 20 heavy (non-hydrogen) atoms. The summed E-state index contributed by atoms with van der Waals surface area (Å²) in [7, 11) is 0. The van der Waals surface area contributed by atoms with Gasteiger partial charge in [-0.05, 0) is 26.2 Å². The van der Waals surface area contributed by atoms with Gasteiger partial charge in [-0.2, -0.15) is 13.2 Å². The SMILES string of the molecule is C=C(C)COCCNC1(CN)CCCC(C(F)(F)F)C1. The van der Waals surface area contributed by atoms with Crippen LogP contribution in [0.4, 0.5) is 13.2 Å². The van der Waals surface area contributed by atoms with E-state index in [0.29, 0.717) is 32.6 Å². The molecule has 0 aliphatic heterocycles. The molecule has 2 unspecified atom stereocenters. The number of halogens is 3. The fraction of sp³-hybridized carbons (Fsp3) is 0.857. The third-order valence-electron chi connectivity index (χ3n) is 3.79. The molecule has 1 saturated carbocycles. The fourth-order valence-electron chi connectivity index (χ4n) is 2.69. The summed E-state index contributed by atoms with van der Waals surface area (Å²) in [5, 5.41) is 3.18. The second-order valence-corrected chi connectivity index (χ2v) is 5.76. The Morgan fingerprint density at radius 3 is 2.75 bits per heavy atom. The van der Waals surface area contributed by atoms with E-state index in [0.717, 1.165) is 5.57 Å². The van der Waals surface area contributed by atoms with Gasteiger partial charge in [0.1, 0.15) is 0 Å². The molecule has 1 fully saturated rings. The van der Waals surface area contributed by atoms with Gasteiger partial charge in [0.25, 0.3) is 0 Å². The molecule has 2 atom stereocenters. The van der Waals surface area contributed by atoms with Crippen molar-refractivity contribution in [2.24, 2.45) is 11.7 Å². The standard InChI is InChI=1S/C14H25F3N2O/c1-11(2)9-20-7-6-19-13(10-18)5-3-4-12(8-13)14(15,16)17/h12,19H,1,3-10,18H2,2H3. The van der Waals surface area contributed by atoms with Crippen LogP contribution in [0, 0.1) is 5.92 Å². The van der Waals surface area contributed by atoms with Gasteiger partial charge in [-0.25, -0.2) is 0 Å². The Bertz CT molecular complexity index is 320. The average molecular weight is 294 g/mol. The zero-order chi connectivity index (χ0) is 15.2. The van der Waals surface area contributed by atoms with E-state index in [1.54, 1.807) is 0 Å². The molecular formula is C14H25F3N2O. The zero-order valence-electron chi connectivity index (χ0n) is 12.1. The van der Waals surface area contributed by atoms with Crippen LogP contribution in [-0.4, -0.2) is 38.0 Å². The van der Waals surface area contributed by atoms with Crippen molar-refractivity contribution in [2.75, 3.05) is 26.3 Å². The molecule has 0 aromatic heterocycles. The van der Waals surface area contributed by atoms with Crippen molar-refractivity contribution < 1.29 is 17.9 Å². The molecule has 3 N–H and O–H groups in total. The summed E-state index contributed by atoms with van der Waals surface area (Å²) in [4.78, 5) is 0. The Labute approximate surface area is 118 Å². The zero-order valence-corrected chi connectivity index (χ0v) is 12.1. The molecule has 0 saturated heterocycles. The maximum atomic E-state index is 12.8. The maximum absolute atomic E-state index is 12.8. The largest absolute Gasteiger partial charge is 0.391 e. The summed E-state index contributed by atoms with van der Waals surface area (Å²) in [5.41, 5.74) is 6.04. The molecule has 6 heteroatoms. The highest BCUT2D eigenvalue weighted by Gasteiger charge is 2.46. The van der Waals surface area contributed by atoms with Crippen molar-refractivity contribution >= 4 is 0 Å². The molecule has 1 rings (SSSR count). The van der Waals surface area contributed by atoms with Crippen LogP contribution < -0.4 is 11.1 Å². The third-order valence-corrected chi connectivity index (χ3v) is 3.79. The fourth-order valence-corrected chi connectivity index (χ4v) is 2.69. The van der Waals surface area contributed by atoms with Gasteiger partial charge in [-0.3, -0.25) is 0 Å². The van der Waals surface area contributed by atoms with Crippen LogP contribution in [0.5, 0.6) is 0 Å². The lowest BCUT2D eigenvalue weighted by Gasteiger charge is -2.41. The number of hydrogen-bond donors (Lipinski definition) is 2. The summed E-state index contributed by atoms with van der Waals surface area (Å²) < 4.78 is 43.9. The number of nitrogens with one attached hydrogen (secondary N) is 1. The first-order valence-electron chi connectivity index (χ1n) is 7.03. The van der Waals surface area contributed by atoms with E-state index in [4.69, 9.17) is 10.5 Å². The highest BCUT2D eigenvalue weighted by Crippen LogP contribution is 2.41. The van der Waals surface area contributed by atoms with Gasteiger partial charge in [0, 0.05) is 18.6 Å². The van der Waals surface area contributed by atoms with E-state index >= 15 is 0 Å². The Hall–Kier alpha value is -0.590. The van der Waals surface area contributed by atoms with E-state index in [2.05, 4.69) is 11.9 Å². The summed E-state index contributed by atoms with van der Waals surface area (Å²) >= 11 is 0. The first-order valence-corrected chi connectivity index (χ1v) is 7.03. The van der Waals surface area contributed by atoms with Gasteiger partial charge in [0.15, 0.2) is 0 Å². The first kappa shape index (κ1) is 17.5. The van der Waals surface area contributed by atoms with Gasteiger partial charge >= 0.3 is 6.18 Å². The Kier molecular flexibility index (Phi) is 6.48.